The van der Waals surface area contributed by atoms with Gasteiger partial charge in [-0.3, -0.25) is 4.79 Å². The van der Waals surface area contributed by atoms with E-state index >= 15 is 0 Å². The van der Waals surface area contributed by atoms with Gasteiger partial charge in [0.25, 0.3) is 0 Å². The third kappa shape index (κ3) is 7.52. The molecule has 0 spiro atoms. The standard InChI is InChI=1S/C27H27Cl2F2NO2/c1-19(33)27(30,31)17-20-3-13-25(14-4-20)34-16-15-32(2)18-26(21-5-9-23(28)10-6-21)22-7-11-24(29)12-8-22/h3-14,26H,15-18H2,1-2H3. The topological polar surface area (TPSA) is 29.5 Å². The Balaban J connectivity index is 1.57. The van der Waals surface area contributed by atoms with Crippen LogP contribution < -0.4 is 4.74 Å². The van der Waals surface area contributed by atoms with E-state index in [1.807, 2.05) is 55.6 Å². The zero-order valence-electron chi connectivity index (χ0n) is 19.1. The highest BCUT2D eigenvalue weighted by Gasteiger charge is 2.34. The van der Waals surface area contributed by atoms with E-state index < -0.39 is 18.1 Å². The van der Waals surface area contributed by atoms with E-state index in [0.717, 1.165) is 24.6 Å². The predicted octanol–water partition coefficient (Wildman–Crippen LogP) is 6.90. The summed E-state index contributed by atoms with van der Waals surface area (Å²) in [6.45, 7) is 2.76. The molecule has 0 aliphatic carbocycles. The molecular weight excluding hydrogens is 479 g/mol. The van der Waals surface area contributed by atoms with Gasteiger partial charge in [-0.25, -0.2) is 0 Å². The largest absolute Gasteiger partial charge is 0.492 e. The molecule has 0 heterocycles. The van der Waals surface area contributed by atoms with Crippen LogP contribution in [0.15, 0.2) is 72.8 Å². The molecule has 7 heteroatoms. The summed E-state index contributed by atoms with van der Waals surface area (Å²) < 4.78 is 33.0. The van der Waals surface area contributed by atoms with Gasteiger partial charge in [0.2, 0.25) is 0 Å². The van der Waals surface area contributed by atoms with Gasteiger partial charge >= 0.3 is 5.92 Å². The lowest BCUT2D eigenvalue weighted by atomic mass is 9.91. The lowest BCUT2D eigenvalue weighted by Crippen LogP contribution is -2.29. The van der Waals surface area contributed by atoms with Crippen molar-refractivity contribution in [1.82, 2.24) is 4.90 Å². The molecule has 0 amide bonds. The minimum absolute atomic E-state index is 0.127. The number of ether oxygens (including phenoxy) is 1. The Bertz CT molecular complexity index is 1030. The summed E-state index contributed by atoms with van der Waals surface area (Å²) >= 11 is 12.1. The summed E-state index contributed by atoms with van der Waals surface area (Å²) in [6, 6.07) is 22.1. The molecule has 0 radical (unpaired) electrons. The molecule has 3 aromatic rings. The highest BCUT2D eigenvalue weighted by Crippen LogP contribution is 2.28. The molecule has 0 atom stereocenters. The Morgan fingerprint density at radius 1 is 0.912 bits per heavy atom. The first-order valence-electron chi connectivity index (χ1n) is 10.9. The van der Waals surface area contributed by atoms with E-state index in [-0.39, 0.29) is 5.92 Å². The SMILES string of the molecule is CC(=O)C(F)(F)Cc1ccc(OCCN(C)CC(c2ccc(Cl)cc2)c2ccc(Cl)cc2)cc1. The van der Waals surface area contributed by atoms with Crippen LogP contribution >= 0.6 is 23.2 Å². The Morgan fingerprint density at radius 2 is 1.41 bits per heavy atom. The number of hydrogen-bond donors (Lipinski definition) is 0. The lowest BCUT2D eigenvalue weighted by molar-refractivity contribution is -0.140. The maximum absolute atomic E-state index is 13.6. The van der Waals surface area contributed by atoms with Crippen LogP contribution in [0.5, 0.6) is 5.75 Å². The van der Waals surface area contributed by atoms with Crippen LogP contribution in [-0.4, -0.2) is 43.3 Å². The minimum atomic E-state index is -3.35. The summed E-state index contributed by atoms with van der Waals surface area (Å²) in [5, 5.41) is 1.38. The molecule has 0 fully saturated rings. The van der Waals surface area contributed by atoms with Crippen LogP contribution in [-0.2, 0) is 11.2 Å². The average Bonchev–Trinajstić information content (AvgIpc) is 2.80. The molecule has 3 nitrogen and oxygen atoms in total. The Hall–Kier alpha value is -2.47. The van der Waals surface area contributed by atoms with Crippen LogP contribution in [0, 0.1) is 0 Å². The van der Waals surface area contributed by atoms with Crippen LogP contribution in [0.2, 0.25) is 10.0 Å². The highest BCUT2D eigenvalue weighted by molar-refractivity contribution is 6.30. The zero-order valence-corrected chi connectivity index (χ0v) is 20.6. The van der Waals surface area contributed by atoms with E-state index in [9.17, 15) is 13.6 Å². The molecular formula is C27H27Cl2F2NO2. The summed E-state index contributed by atoms with van der Waals surface area (Å²) in [5.41, 5.74) is 2.69. The van der Waals surface area contributed by atoms with Gasteiger partial charge in [-0.15, -0.1) is 0 Å². The fraction of sp³-hybridized carbons (Fsp3) is 0.296. The fourth-order valence-corrected chi connectivity index (χ4v) is 3.85. The summed E-state index contributed by atoms with van der Waals surface area (Å²) in [7, 11) is 2.02. The van der Waals surface area contributed by atoms with Gasteiger partial charge in [-0.1, -0.05) is 59.6 Å². The molecule has 0 N–H and O–H groups in total. The first-order chi connectivity index (χ1) is 16.1. The molecule has 0 unspecified atom stereocenters. The molecule has 0 aliphatic rings. The van der Waals surface area contributed by atoms with Crippen molar-refractivity contribution in [3.8, 4) is 5.75 Å². The Morgan fingerprint density at radius 3 is 1.88 bits per heavy atom. The van der Waals surface area contributed by atoms with Crippen molar-refractivity contribution >= 4 is 29.0 Å². The van der Waals surface area contributed by atoms with Crippen molar-refractivity contribution in [3.63, 3.8) is 0 Å². The summed E-state index contributed by atoms with van der Waals surface area (Å²) in [4.78, 5) is 13.2. The summed E-state index contributed by atoms with van der Waals surface area (Å²) in [5.74, 6) is -3.76. The Labute approximate surface area is 209 Å². The normalized spacial score (nSPS) is 11.8. The number of rotatable bonds is 11. The number of halogens is 4. The number of hydrogen-bond acceptors (Lipinski definition) is 3. The number of carbonyl (C=O) groups is 1. The molecule has 180 valence electrons. The van der Waals surface area contributed by atoms with Gasteiger partial charge in [0.05, 0.1) is 0 Å². The second-order valence-corrected chi connectivity index (χ2v) is 9.22. The zero-order chi connectivity index (χ0) is 24.7. The van der Waals surface area contributed by atoms with E-state index in [4.69, 9.17) is 27.9 Å². The van der Waals surface area contributed by atoms with Gasteiger partial charge in [0.15, 0.2) is 5.78 Å². The van der Waals surface area contributed by atoms with E-state index in [1.165, 1.54) is 0 Å². The molecule has 0 aromatic heterocycles. The highest BCUT2D eigenvalue weighted by atomic mass is 35.5. The van der Waals surface area contributed by atoms with Crippen molar-refractivity contribution in [1.29, 1.82) is 0 Å². The summed E-state index contributed by atoms with van der Waals surface area (Å²) in [6.07, 6.45) is -0.609. The van der Waals surface area contributed by atoms with E-state index in [2.05, 4.69) is 4.90 Å². The van der Waals surface area contributed by atoms with Crippen molar-refractivity contribution in [3.05, 3.63) is 99.5 Å². The van der Waals surface area contributed by atoms with Crippen LogP contribution in [0.4, 0.5) is 8.78 Å². The number of Topliss-reactive ketones (excluding diaryl/α,β-unsaturated/α-hetero) is 1. The van der Waals surface area contributed by atoms with Crippen molar-refractivity contribution < 1.29 is 18.3 Å². The number of carbonyl (C=O) groups excluding carboxylic acids is 1. The van der Waals surface area contributed by atoms with E-state index in [0.29, 0.717) is 34.5 Å². The smallest absolute Gasteiger partial charge is 0.308 e. The van der Waals surface area contributed by atoms with Crippen molar-refractivity contribution in [2.24, 2.45) is 0 Å². The quantitative estimate of drug-likeness (QED) is 0.283. The molecule has 3 rings (SSSR count). The number of nitrogens with zero attached hydrogens (tertiary/aromatic N) is 1. The average molecular weight is 506 g/mol. The molecule has 0 bridgehead atoms. The number of ketones is 1. The number of alkyl halides is 2. The third-order valence-electron chi connectivity index (χ3n) is 5.65. The van der Waals surface area contributed by atoms with E-state index in [1.54, 1.807) is 24.3 Å². The first kappa shape index (κ1) is 26.1. The number of benzene rings is 3. The first-order valence-corrected chi connectivity index (χ1v) is 11.7. The Kier molecular flexibility index (Phi) is 9.06. The molecule has 34 heavy (non-hydrogen) atoms. The van der Waals surface area contributed by atoms with Gasteiger partial charge in [-0.05, 0) is 60.1 Å². The molecule has 0 saturated carbocycles. The van der Waals surface area contributed by atoms with Crippen LogP contribution in [0.3, 0.4) is 0 Å². The number of likely N-dealkylation sites (N-methyl/N-ethyl adjacent to an activating group) is 1. The lowest BCUT2D eigenvalue weighted by Gasteiger charge is -2.25. The van der Waals surface area contributed by atoms with Crippen molar-refractivity contribution in [2.75, 3.05) is 26.7 Å². The second-order valence-electron chi connectivity index (χ2n) is 8.35. The second kappa shape index (κ2) is 11.8. The molecule has 0 aliphatic heterocycles. The monoisotopic (exact) mass is 505 g/mol. The predicted molar refractivity (Wildman–Crippen MR) is 134 cm³/mol. The van der Waals surface area contributed by atoms with Crippen LogP contribution in [0.1, 0.15) is 29.5 Å². The van der Waals surface area contributed by atoms with Gasteiger partial charge in [-0.2, -0.15) is 8.78 Å². The van der Waals surface area contributed by atoms with Gasteiger partial charge in [0.1, 0.15) is 12.4 Å². The van der Waals surface area contributed by atoms with Crippen molar-refractivity contribution in [2.45, 2.75) is 25.2 Å². The minimum Gasteiger partial charge on any atom is -0.492 e. The third-order valence-corrected chi connectivity index (χ3v) is 6.15. The fourth-order valence-electron chi connectivity index (χ4n) is 3.60. The maximum atomic E-state index is 13.6. The maximum Gasteiger partial charge on any atom is 0.308 e. The molecule has 3 aromatic carbocycles. The van der Waals surface area contributed by atoms with Gasteiger partial charge in [0, 0.05) is 42.4 Å². The van der Waals surface area contributed by atoms with Crippen LogP contribution in [0.25, 0.3) is 0 Å². The molecule has 0 saturated heterocycles. The van der Waals surface area contributed by atoms with Gasteiger partial charge < -0.3 is 9.64 Å².